The van der Waals surface area contributed by atoms with Crippen LogP contribution in [0.1, 0.15) is 24.8 Å². The SMILES string of the molecule is CC(C(=O)NCCC(F)(F)F)c1cccc(N)c1. The summed E-state index contributed by atoms with van der Waals surface area (Å²) in [6, 6.07) is 6.72. The van der Waals surface area contributed by atoms with E-state index < -0.39 is 31.0 Å². The number of anilines is 1. The molecule has 0 aliphatic heterocycles. The molecule has 100 valence electrons. The van der Waals surface area contributed by atoms with Gasteiger partial charge in [-0.25, -0.2) is 0 Å². The Morgan fingerprint density at radius 1 is 1.44 bits per heavy atom. The molecule has 1 aromatic carbocycles. The van der Waals surface area contributed by atoms with Crippen molar-refractivity contribution in [1.82, 2.24) is 5.32 Å². The van der Waals surface area contributed by atoms with Crippen LogP contribution >= 0.6 is 0 Å². The second-order valence-electron chi connectivity index (χ2n) is 4.05. The van der Waals surface area contributed by atoms with Crippen LogP contribution in [0.2, 0.25) is 0 Å². The molecular formula is C12H15F3N2O. The summed E-state index contributed by atoms with van der Waals surface area (Å²) in [5.41, 5.74) is 6.77. The Kier molecular flexibility index (Phi) is 4.58. The Morgan fingerprint density at radius 3 is 2.67 bits per heavy atom. The van der Waals surface area contributed by atoms with E-state index in [1.165, 1.54) is 0 Å². The van der Waals surface area contributed by atoms with Gasteiger partial charge in [-0.2, -0.15) is 13.2 Å². The molecule has 1 aromatic rings. The number of alkyl halides is 3. The van der Waals surface area contributed by atoms with E-state index in [0.717, 1.165) is 0 Å². The van der Waals surface area contributed by atoms with Crippen LogP contribution in [0.4, 0.5) is 18.9 Å². The van der Waals surface area contributed by atoms with Crippen LogP contribution in [0.15, 0.2) is 24.3 Å². The van der Waals surface area contributed by atoms with Gasteiger partial charge in [0.25, 0.3) is 0 Å². The summed E-state index contributed by atoms with van der Waals surface area (Å²) in [5, 5.41) is 2.26. The molecule has 0 aliphatic rings. The van der Waals surface area contributed by atoms with Crippen molar-refractivity contribution in [2.24, 2.45) is 0 Å². The maximum absolute atomic E-state index is 11.9. The summed E-state index contributed by atoms with van der Waals surface area (Å²) in [4.78, 5) is 11.6. The molecule has 6 heteroatoms. The summed E-state index contributed by atoms with van der Waals surface area (Å²) in [7, 11) is 0. The first-order valence-electron chi connectivity index (χ1n) is 5.49. The number of nitrogens with two attached hydrogens (primary N) is 1. The van der Waals surface area contributed by atoms with E-state index in [0.29, 0.717) is 11.3 Å². The first-order chi connectivity index (χ1) is 8.29. The zero-order valence-electron chi connectivity index (χ0n) is 9.92. The molecule has 0 aromatic heterocycles. The highest BCUT2D eigenvalue weighted by molar-refractivity contribution is 5.83. The molecule has 3 nitrogen and oxygen atoms in total. The second-order valence-corrected chi connectivity index (χ2v) is 4.05. The highest BCUT2D eigenvalue weighted by atomic mass is 19.4. The Labute approximate surface area is 103 Å². The van der Waals surface area contributed by atoms with Crippen molar-refractivity contribution in [3.63, 3.8) is 0 Å². The van der Waals surface area contributed by atoms with E-state index in [4.69, 9.17) is 5.73 Å². The summed E-state index contributed by atoms with van der Waals surface area (Å²) in [6.45, 7) is 1.21. The first kappa shape index (κ1) is 14.3. The highest BCUT2D eigenvalue weighted by Crippen LogP contribution is 2.20. The standard InChI is InChI=1S/C12H15F3N2O/c1-8(9-3-2-4-10(16)7-9)11(18)17-6-5-12(13,14)15/h2-4,7-8H,5-6,16H2,1H3,(H,17,18). The van der Waals surface area contributed by atoms with Gasteiger partial charge >= 0.3 is 6.18 Å². The lowest BCUT2D eigenvalue weighted by Crippen LogP contribution is -2.31. The maximum atomic E-state index is 11.9. The lowest BCUT2D eigenvalue weighted by molar-refractivity contribution is -0.135. The molecule has 0 bridgehead atoms. The molecular weight excluding hydrogens is 245 g/mol. The molecule has 0 radical (unpaired) electrons. The number of hydrogen-bond acceptors (Lipinski definition) is 2. The minimum atomic E-state index is -4.26. The predicted molar refractivity (Wildman–Crippen MR) is 63.0 cm³/mol. The van der Waals surface area contributed by atoms with Crippen LogP contribution in [-0.4, -0.2) is 18.6 Å². The molecule has 0 saturated carbocycles. The summed E-state index contributed by atoms with van der Waals surface area (Å²) in [6.07, 6.45) is -5.28. The Morgan fingerprint density at radius 2 is 2.11 bits per heavy atom. The lowest BCUT2D eigenvalue weighted by atomic mass is 10.00. The number of nitrogen functional groups attached to an aromatic ring is 1. The molecule has 0 spiro atoms. The third-order valence-corrected chi connectivity index (χ3v) is 2.51. The number of benzene rings is 1. The molecule has 1 atom stereocenters. The molecule has 0 saturated heterocycles. The molecule has 0 fully saturated rings. The van der Waals surface area contributed by atoms with E-state index in [1.54, 1.807) is 31.2 Å². The van der Waals surface area contributed by atoms with E-state index in [2.05, 4.69) is 5.32 Å². The summed E-state index contributed by atoms with van der Waals surface area (Å²) in [5.74, 6) is -0.966. The van der Waals surface area contributed by atoms with Gasteiger partial charge in [0, 0.05) is 12.2 Å². The fraction of sp³-hybridized carbons (Fsp3) is 0.417. The number of nitrogens with one attached hydrogen (secondary N) is 1. The van der Waals surface area contributed by atoms with Crippen molar-refractivity contribution >= 4 is 11.6 Å². The highest BCUT2D eigenvalue weighted by Gasteiger charge is 2.27. The normalized spacial score (nSPS) is 13.1. The average molecular weight is 260 g/mol. The Balaban J connectivity index is 2.52. The number of halogens is 3. The number of carbonyl (C=O) groups excluding carboxylic acids is 1. The van der Waals surface area contributed by atoms with E-state index in [-0.39, 0.29) is 0 Å². The van der Waals surface area contributed by atoms with Crippen LogP contribution in [0, 0.1) is 0 Å². The smallest absolute Gasteiger partial charge is 0.390 e. The first-order valence-corrected chi connectivity index (χ1v) is 5.49. The Bertz CT molecular complexity index is 418. The van der Waals surface area contributed by atoms with Crippen molar-refractivity contribution in [2.45, 2.75) is 25.4 Å². The van der Waals surface area contributed by atoms with Gasteiger partial charge in [-0.05, 0) is 24.6 Å². The number of hydrogen-bond donors (Lipinski definition) is 2. The third kappa shape index (κ3) is 4.65. The maximum Gasteiger partial charge on any atom is 0.390 e. The van der Waals surface area contributed by atoms with Crippen LogP contribution < -0.4 is 11.1 Å². The fourth-order valence-corrected chi connectivity index (χ4v) is 1.46. The molecule has 1 amide bonds. The zero-order chi connectivity index (χ0) is 13.8. The van der Waals surface area contributed by atoms with Gasteiger partial charge in [0.15, 0.2) is 0 Å². The molecule has 0 heterocycles. The largest absolute Gasteiger partial charge is 0.399 e. The average Bonchev–Trinajstić information content (AvgIpc) is 2.26. The molecule has 1 rings (SSSR count). The number of amides is 1. The van der Waals surface area contributed by atoms with Gasteiger partial charge in [0.05, 0.1) is 12.3 Å². The second kappa shape index (κ2) is 5.75. The van der Waals surface area contributed by atoms with Crippen LogP contribution in [-0.2, 0) is 4.79 Å². The fourth-order valence-electron chi connectivity index (χ4n) is 1.46. The van der Waals surface area contributed by atoms with Gasteiger partial charge in [0.2, 0.25) is 5.91 Å². The number of rotatable bonds is 4. The van der Waals surface area contributed by atoms with E-state index in [1.807, 2.05) is 0 Å². The van der Waals surface area contributed by atoms with Crippen LogP contribution in [0.25, 0.3) is 0 Å². The van der Waals surface area contributed by atoms with Gasteiger partial charge < -0.3 is 11.1 Å². The van der Waals surface area contributed by atoms with Crippen LogP contribution in [0.5, 0.6) is 0 Å². The minimum absolute atomic E-state index is 0.408. The monoisotopic (exact) mass is 260 g/mol. The molecule has 18 heavy (non-hydrogen) atoms. The van der Waals surface area contributed by atoms with E-state index >= 15 is 0 Å². The summed E-state index contributed by atoms with van der Waals surface area (Å²) >= 11 is 0. The summed E-state index contributed by atoms with van der Waals surface area (Å²) < 4.78 is 35.7. The van der Waals surface area contributed by atoms with E-state index in [9.17, 15) is 18.0 Å². The van der Waals surface area contributed by atoms with Crippen molar-refractivity contribution in [1.29, 1.82) is 0 Å². The molecule has 0 aliphatic carbocycles. The minimum Gasteiger partial charge on any atom is -0.399 e. The number of carbonyl (C=O) groups is 1. The van der Waals surface area contributed by atoms with Crippen molar-refractivity contribution in [3.8, 4) is 0 Å². The van der Waals surface area contributed by atoms with Crippen molar-refractivity contribution in [3.05, 3.63) is 29.8 Å². The third-order valence-electron chi connectivity index (χ3n) is 2.51. The van der Waals surface area contributed by atoms with Gasteiger partial charge in [0.1, 0.15) is 0 Å². The van der Waals surface area contributed by atoms with Gasteiger partial charge in [-0.1, -0.05) is 12.1 Å². The van der Waals surface area contributed by atoms with Crippen molar-refractivity contribution < 1.29 is 18.0 Å². The molecule has 3 N–H and O–H groups in total. The topological polar surface area (TPSA) is 55.1 Å². The lowest BCUT2D eigenvalue weighted by Gasteiger charge is -2.13. The van der Waals surface area contributed by atoms with Gasteiger partial charge in [-0.3, -0.25) is 4.79 Å². The van der Waals surface area contributed by atoms with Crippen LogP contribution in [0.3, 0.4) is 0 Å². The molecule has 1 unspecified atom stereocenters. The quantitative estimate of drug-likeness (QED) is 0.817. The Hall–Kier alpha value is -1.72. The van der Waals surface area contributed by atoms with Gasteiger partial charge in [-0.15, -0.1) is 0 Å². The zero-order valence-corrected chi connectivity index (χ0v) is 9.92. The predicted octanol–water partition coefficient (Wildman–Crippen LogP) is 2.44. The van der Waals surface area contributed by atoms with Crippen molar-refractivity contribution in [2.75, 3.05) is 12.3 Å².